The largest absolute Gasteiger partial charge is 0.373 e. The molecule has 5 heteroatoms. The number of rotatable bonds is 12. The van der Waals surface area contributed by atoms with Gasteiger partial charge in [-0.05, 0) is 27.2 Å². The summed E-state index contributed by atoms with van der Waals surface area (Å²) >= 11 is 0. The predicted molar refractivity (Wildman–Crippen MR) is 79.4 cm³/mol. The van der Waals surface area contributed by atoms with Crippen LogP contribution in [0.3, 0.4) is 0 Å². The summed E-state index contributed by atoms with van der Waals surface area (Å²) in [6.07, 6.45) is 2.62. The fourth-order valence-corrected chi connectivity index (χ4v) is 1.88. The molecule has 0 rings (SSSR count). The van der Waals surface area contributed by atoms with E-state index in [1.165, 1.54) is 0 Å². The van der Waals surface area contributed by atoms with Gasteiger partial charge in [-0.3, -0.25) is 4.79 Å². The van der Waals surface area contributed by atoms with Gasteiger partial charge < -0.3 is 14.3 Å². The lowest BCUT2D eigenvalue weighted by Gasteiger charge is -2.30. The lowest BCUT2D eigenvalue weighted by molar-refractivity contribution is -0.129. The minimum absolute atomic E-state index is 0.217. The molecule has 0 aliphatic carbocycles. The Bertz CT molecular complexity index is 281. The molecule has 20 heavy (non-hydrogen) atoms. The molecule has 0 heterocycles. The SMILES string of the molecule is CCC(=O)CC(C)(C)OCCOC(C)(CC)CCON. The second-order valence-electron chi connectivity index (χ2n) is 5.95. The van der Waals surface area contributed by atoms with Gasteiger partial charge in [0.1, 0.15) is 5.78 Å². The van der Waals surface area contributed by atoms with E-state index in [1.807, 2.05) is 27.7 Å². The van der Waals surface area contributed by atoms with Crippen LogP contribution in [-0.2, 0) is 19.1 Å². The first-order chi connectivity index (χ1) is 9.28. The van der Waals surface area contributed by atoms with E-state index in [2.05, 4.69) is 11.8 Å². The fraction of sp³-hybridized carbons (Fsp3) is 0.933. The van der Waals surface area contributed by atoms with Crippen LogP contribution in [0.2, 0.25) is 0 Å². The van der Waals surface area contributed by atoms with Crippen molar-refractivity contribution in [1.29, 1.82) is 0 Å². The average Bonchev–Trinajstić information content (AvgIpc) is 2.41. The summed E-state index contributed by atoms with van der Waals surface area (Å²) in [5, 5.41) is 0. The van der Waals surface area contributed by atoms with Gasteiger partial charge in [-0.25, -0.2) is 5.90 Å². The molecule has 0 radical (unpaired) electrons. The molecule has 120 valence electrons. The lowest BCUT2D eigenvalue weighted by Crippen LogP contribution is -2.34. The molecule has 0 aromatic carbocycles. The molecule has 1 unspecified atom stereocenters. The van der Waals surface area contributed by atoms with Crippen LogP contribution in [0.25, 0.3) is 0 Å². The van der Waals surface area contributed by atoms with Gasteiger partial charge in [-0.15, -0.1) is 0 Å². The van der Waals surface area contributed by atoms with Crippen molar-refractivity contribution in [2.75, 3.05) is 19.8 Å². The Balaban J connectivity index is 4.01. The Morgan fingerprint density at radius 3 is 2.15 bits per heavy atom. The number of hydrogen-bond acceptors (Lipinski definition) is 5. The number of nitrogens with two attached hydrogens (primary N) is 1. The Labute approximate surface area is 123 Å². The second kappa shape index (κ2) is 9.45. The van der Waals surface area contributed by atoms with Crippen LogP contribution >= 0.6 is 0 Å². The zero-order chi connectivity index (χ0) is 15.6. The highest BCUT2D eigenvalue weighted by Gasteiger charge is 2.24. The molecule has 0 bridgehead atoms. The van der Waals surface area contributed by atoms with Gasteiger partial charge in [0.2, 0.25) is 0 Å². The van der Waals surface area contributed by atoms with Crippen molar-refractivity contribution in [3.05, 3.63) is 0 Å². The Morgan fingerprint density at radius 1 is 1.05 bits per heavy atom. The number of hydrogen-bond donors (Lipinski definition) is 1. The third kappa shape index (κ3) is 8.64. The predicted octanol–water partition coefficient (Wildman–Crippen LogP) is 2.62. The van der Waals surface area contributed by atoms with E-state index in [9.17, 15) is 4.79 Å². The molecule has 0 aromatic heterocycles. The van der Waals surface area contributed by atoms with Crippen LogP contribution in [0, 0.1) is 0 Å². The van der Waals surface area contributed by atoms with E-state index in [0.29, 0.717) is 32.7 Å². The molecule has 2 N–H and O–H groups in total. The topological polar surface area (TPSA) is 70.8 Å². The summed E-state index contributed by atoms with van der Waals surface area (Å²) in [6, 6.07) is 0. The molecule has 0 saturated carbocycles. The number of Topliss-reactive ketones (excluding diaryl/α,β-unsaturated/α-hetero) is 1. The maximum Gasteiger partial charge on any atom is 0.135 e. The van der Waals surface area contributed by atoms with Gasteiger partial charge in [0, 0.05) is 19.3 Å². The van der Waals surface area contributed by atoms with Crippen LogP contribution in [0.4, 0.5) is 0 Å². The quantitative estimate of drug-likeness (QED) is 0.442. The first kappa shape index (κ1) is 19.5. The summed E-state index contributed by atoms with van der Waals surface area (Å²) in [5.74, 6) is 5.27. The number of carbonyl (C=O) groups is 1. The van der Waals surface area contributed by atoms with Gasteiger partial charge >= 0.3 is 0 Å². The highest BCUT2D eigenvalue weighted by molar-refractivity contribution is 5.78. The van der Waals surface area contributed by atoms with Crippen LogP contribution in [0.5, 0.6) is 0 Å². The third-order valence-electron chi connectivity index (χ3n) is 3.54. The third-order valence-corrected chi connectivity index (χ3v) is 3.54. The average molecular weight is 289 g/mol. The molecule has 0 fully saturated rings. The van der Waals surface area contributed by atoms with Gasteiger partial charge in [-0.2, -0.15) is 0 Å². The number of carbonyl (C=O) groups excluding carboxylic acids is 1. The van der Waals surface area contributed by atoms with E-state index in [0.717, 1.165) is 12.8 Å². The van der Waals surface area contributed by atoms with Crippen molar-refractivity contribution in [3.63, 3.8) is 0 Å². The molecule has 0 aliphatic rings. The smallest absolute Gasteiger partial charge is 0.135 e. The van der Waals surface area contributed by atoms with E-state index in [-0.39, 0.29) is 11.4 Å². The molecule has 0 spiro atoms. The normalized spacial score (nSPS) is 15.1. The maximum absolute atomic E-state index is 11.4. The van der Waals surface area contributed by atoms with Gasteiger partial charge in [0.15, 0.2) is 0 Å². The van der Waals surface area contributed by atoms with Gasteiger partial charge in [-0.1, -0.05) is 13.8 Å². The molecular formula is C15H31NO4. The maximum atomic E-state index is 11.4. The summed E-state index contributed by atoms with van der Waals surface area (Å²) in [4.78, 5) is 16.1. The van der Waals surface area contributed by atoms with Gasteiger partial charge in [0.25, 0.3) is 0 Å². The molecule has 5 nitrogen and oxygen atoms in total. The first-order valence-electron chi connectivity index (χ1n) is 7.40. The Hall–Kier alpha value is -0.490. The zero-order valence-electron chi connectivity index (χ0n) is 13.7. The van der Waals surface area contributed by atoms with Crippen molar-refractivity contribution in [2.24, 2.45) is 5.90 Å². The van der Waals surface area contributed by atoms with Crippen molar-refractivity contribution in [2.45, 2.75) is 71.5 Å². The van der Waals surface area contributed by atoms with E-state index < -0.39 is 5.60 Å². The first-order valence-corrected chi connectivity index (χ1v) is 7.40. The van der Waals surface area contributed by atoms with Crippen molar-refractivity contribution >= 4 is 5.78 Å². The molecule has 0 saturated heterocycles. The Morgan fingerprint density at radius 2 is 1.65 bits per heavy atom. The number of ether oxygens (including phenoxy) is 2. The van der Waals surface area contributed by atoms with E-state index in [4.69, 9.17) is 15.4 Å². The van der Waals surface area contributed by atoms with Crippen LogP contribution in [0.1, 0.15) is 60.3 Å². The summed E-state index contributed by atoms with van der Waals surface area (Å²) in [5.41, 5.74) is -0.675. The number of ketones is 1. The van der Waals surface area contributed by atoms with Crippen LogP contribution < -0.4 is 5.90 Å². The summed E-state index contributed by atoms with van der Waals surface area (Å²) < 4.78 is 11.6. The second-order valence-corrected chi connectivity index (χ2v) is 5.95. The minimum atomic E-state index is -0.431. The van der Waals surface area contributed by atoms with Crippen LogP contribution in [0.15, 0.2) is 0 Å². The lowest BCUT2D eigenvalue weighted by atomic mass is 9.99. The highest BCUT2D eigenvalue weighted by Crippen LogP contribution is 2.20. The fourth-order valence-electron chi connectivity index (χ4n) is 1.88. The Kier molecular flexibility index (Phi) is 9.22. The summed E-state index contributed by atoms with van der Waals surface area (Å²) in [6.45, 7) is 11.3. The molecule has 0 aromatic rings. The van der Waals surface area contributed by atoms with Crippen molar-refractivity contribution < 1.29 is 19.1 Å². The molecule has 0 aliphatic heterocycles. The van der Waals surface area contributed by atoms with E-state index >= 15 is 0 Å². The monoisotopic (exact) mass is 289 g/mol. The van der Waals surface area contributed by atoms with Crippen LogP contribution in [-0.4, -0.2) is 36.8 Å². The standard InChI is InChI=1S/C15H31NO4/c1-6-13(17)12-14(3,4)18-10-11-19-15(5,7-2)8-9-20-16/h6-12,16H2,1-5H3. The van der Waals surface area contributed by atoms with Gasteiger partial charge in [0.05, 0.1) is 31.0 Å². The molecule has 0 amide bonds. The van der Waals surface area contributed by atoms with Crippen molar-refractivity contribution in [3.8, 4) is 0 Å². The zero-order valence-corrected chi connectivity index (χ0v) is 13.7. The minimum Gasteiger partial charge on any atom is -0.373 e. The van der Waals surface area contributed by atoms with E-state index in [1.54, 1.807) is 0 Å². The molecular weight excluding hydrogens is 258 g/mol. The van der Waals surface area contributed by atoms with Crippen molar-refractivity contribution in [1.82, 2.24) is 0 Å². The molecule has 1 atom stereocenters. The summed E-state index contributed by atoms with van der Waals surface area (Å²) in [7, 11) is 0. The highest BCUT2D eigenvalue weighted by atomic mass is 16.6.